The van der Waals surface area contributed by atoms with Crippen LogP contribution in [-0.4, -0.2) is 18.1 Å². The minimum absolute atomic E-state index is 0.0975. The predicted octanol–water partition coefficient (Wildman–Crippen LogP) is 4.02. The fourth-order valence-electron chi connectivity index (χ4n) is 3.03. The maximum atomic E-state index is 12.6. The smallest absolute Gasteiger partial charge is 0.408 e. The molecule has 0 spiro atoms. The molecule has 0 radical (unpaired) electrons. The summed E-state index contributed by atoms with van der Waals surface area (Å²) in [5.41, 5.74) is 2.04. The van der Waals surface area contributed by atoms with E-state index < -0.39 is 23.7 Å². The summed E-state index contributed by atoms with van der Waals surface area (Å²) < 4.78 is 15.9. The van der Waals surface area contributed by atoms with Crippen LogP contribution in [0.15, 0.2) is 57.7 Å². The quantitative estimate of drug-likeness (QED) is 0.375. The molecule has 7 nitrogen and oxygen atoms in total. The second-order valence-electron chi connectivity index (χ2n) is 6.90. The SMILES string of the molecule is CC[C@H](NC(=O)OCc1ccccc1)C(=O)Oc1ccc2c(C)cc(=O)oc2c1C. The monoisotopic (exact) mass is 409 g/mol. The summed E-state index contributed by atoms with van der Waals surface area (Å²) in [7, 11) is 0. The van der Waals surface area contributed by atoms with Gasteiger partial charge in [0.25, 0.3) is 0 Å². The van der Waals surface area contributed by atoms with E-state index in [1.807, 2.05) is 37.3 Å². The molecule has 0 saturated carbocycles. The van der Waals surface area contributed by atoms with Crippen LogP contribution < -0.4 is 15.7 Å². The minimum atomic E-state index is -0.882. The van der Waals surface area contributed by atoms with Crippen molar-refractivity contribution >= 4 is 23.0 Å². The molecule has 0 bridgehead atoms. The van der Waals surface area contributed by atoms with E-state index in [4.69, 9.17) is 13.9 Å². The van der Waals surface area contributed by atoms with E-state index >= 15 is 0 Å². The van der Waals surface area contributed by atoms with Gasteiger partial charge in [-0.05, 0) is 43.5 Å². The van der Waals surface area contributed by atoms with Crippen LogP contribution in [0, 0.1) is 13.8 Å². The number of benzene rings is 2. The van der Waals surface area contributed by atoms with Crippen molar-refractivity contribution in [2.75, 3.05) is 0 Å². The lowest BCUT2D eigenvalue weighted by molar-refractivity contribution is -0.136. The number of carbonyl (C=O) groups is 2. The normalized spacial score (nSPS) is 11.7. The van der Waals surface area contributed by atoms with E-state index in [9.17, 15) is 14.4 Å². The summed E-state index contributed by atoms with van der Waals surface area (Å²) in [6, 6.07) is 13.1. The molecule has 0 fully saturated rings. The van der Waals surface area contributed by atoms with Gasteiger partial charge in [0, 0.05) is 17.0 Å². The molecule has 0 aliphatic heterocycles. The first-order chi connectivity index (χ1) is 14.4. The molecule has 7 heteroatoms. The maximum absolute atomic E-state index is 12.6. The van der Waals surface area contributed by atoms with Gasteiger partial charge in [-0.1, -0.05) is 37.3 Å². The molecular weight excluding hydrogens is 386 g/mol. The standard InChI is InChI=1S/C23H23NO6/c1-4-18(24-23(27)28-13-16-8-6-5-7-9-16)22(26)29-19-11-10-17-14(2)12-20(25)30-21(17)15(19)3/h5-12,18H,4,13H2,1-3H3,(H,24,27)/t18-/m0/s1. The summed E-state index contributed by atoms with van der Waals surface area (Å²) in [6.07, 6.45) is -0.389. The van der Waals surface area contributed by atoms with Crippen molar-refractivity contribution in [3.8, 4) is 5.75 Å². The zero-order valence-electron chi connectivity index (χ0n) is 17.1. The van der Waals surface area contributed by atoms with Crippen molar-refractivity contribution < 1.29 is 23.5 Å². The lowest BCUT2D eigenvalue weighted by Gasteiger charge is -2.17. The van der Waals surface area contributed by atoms with Gasteiger partial charge in [0.15, 0.2) is 0 Å². The highest BCUT2D eigenvalue weighted by Crippen LogP contribution is 2.28. The predicted molar refractivity (Wildman–Crippen MR) is 111 cm³/mol. The molecule has 1 atom stereocenters. The fraction of sp³-hybridized carbons (Fsp3) is 0.261. The second-order valence-corrected chi connectivity index (χ2v) is 6.90. The molecule has 0 aliphatic rings. The van der Waals surface area contributed by atoms with Crippen molar-refractivity contribution in [2.45, 2.75) is 39.8 Å². The van der Waals surface area contributed by atoms with Gasteiger partial charge < -0.3 is 19.2 Å². The number of nitrogens with one attached hydrogen (secondary N) is 1. The minimum Gasteiger partial charge on any atom is -0.445 e. The van der Waals surface area contributed by atoms with E-state index in [0.717, 1.165) is 16.5 Å². The highest BCUT2D eigenvalue weighted by atomic mass is 16.6. The van der Waals surface area contributed by atoms with Crippen LogP contribution in [0.1, 0.15) is 30.0 Å². The number of aryl methyl sites for hydroxylation is 2. The maximum Gasteiger partial charge on any atom is 0.408 e. The Morgan fingerprint density at radius 3 is 2.53 bits per heavy atom. The third-order valence-electron chi connectivity index (χ3n) is 4.73. The molecule has 3 aromatic rings. The van der Waals surface area contributed by atoms with Gasteiger partial charge in [0.1, 0.15) is 24.0 Å². The molecule has 3 rings (SSSR count). The fourth-order valence-corrected chi connectivity index (χ4v) is 3.03. The van der Waals surface area contributed by atoms with Crippen LogP contribution >= 0.6 is 0 Å². The molecular formula is C23H23NO6. The van der Waals surface area contributed by atoms with E-state index in [2.05, 4.69) is 5.32 Å². The summed E-state index contributed by atoms with van der Waals surface area (Å²) in [5, 5.41) is 3.29. The number of alkyl carbamates (subject to hydrolysis) is 1. The molecule has 2 aromatic carbocycles. The number of hydrogen-bond donors (Lipinski definition) is 1. The Balaban J connectivity index is 1.68. The molecule has 1 aromatic heterocycles. The highest BCUT2D eigenvalue weighted by molar-refractivity contribution is 5.87. The Labute approximate surface area is 173 Å². The first kappa shape index (κ1) is 21.1. The number of rotatable bonds is 6. The van der Waals surface area contributed by atoms with Gasteiger partial charge >= 0.3 is 17.7 Å². The topological polar surface area (TPSA) is 94.8 Å². The largest absolute Gasteiger partial charge is 0.445 e. The number of amides is 1. The molecule has 1 N–H and O–H groups in total. The van der Waals surface area contributed by atoms with E-state index in [-0.39, 0.29) is 12.4 Å². The van der Waals surface area contributed by atoms with Crippen molar-refractivity contribution in [3.63, 3.8) is 0 Å². The lowest BCUT2D eigenvalue weighted by Crippen LogP contribution is -2.42. The number of esters is 1. The van der Waals surface area contributed by atoms with E-state index in [1.54, 1.807) is 26.0 Å². The molecule has 30 heavy (non-hydrogen) atoms. The molecule has 156 valence electrons. The van der Waals surface area contributed by atoms with Crippen molar-refractivity contribution in [2.24, 2.45) is 0 Å². The number of hydrogen-bond acceptors (Lipinski definition) is 6. The van der Waals surface area contributed by atoms with Gasteiger partial charge in [-0.25, -0.2) is 14.4 Å². The summed E-state index contributed by atoms with van der Waals surface area (Å²) in [4.78, 5) is 36.4. The molecule has 1 heterocycles. The van der Waals surface area contributed by atoms with Crippen LogP contribution in [0.2, 0.25) is 0 Å². The molecule has 0 unspecified atom stereocenters. The second kappa shape index (κ2) is 9.26. The van der Waals surface area contributed by atoms with Gasteiger partial charge in [-0.15, -0.1) is 0 Å². The summed E-state index contributed by atoms with van der Waals surface area (Å²) in [6.45, 7) is 5.36. The molecule has 0 aliphatic carbocycles. The Hall–Kier alpha value is -3.61. The summed E-state index contributed by atoms with van der Waals surface area (Å²) in [5.74, 6) is -0.370. The average Bonchev–Trinajstić information content (AvgIpc) is 2.73. The zero-order chi connectivity index (χ0) is 21.7. The van der Waals surface area contributed by atoms with Crippen LogP contribution in [0.5, 0.6) is 5.75 Å². The molecule has 0 saturated heterocycles. The van der Waals surface area contributed by atoms with Gasteiger partial charge in [-0.2, -0.15) is 0 Å². The van der Waals surface area contributed by atoms with Crippen LogP contribution in [-0.2, 0) is 16.1 Å². The third kappa shape index (κ3) is 4.86. The van der Waals surface area contributed by atoms with Crippen LogP contribution in [0.3, 0.4) is 0 Å². The van der Waals surface area contributed by atoms with Crippen molar-refractivity contribution in [1.29, 1.82) is 0 Å². The Morgan fingerprint density at radius 1 is 1.10 bits per heavy atom. The van der Waals surface area contributed by atoms with E-state index in [1.165, 1.54) is 6.07 Å². The van der Waals surface area contributed by atoms with Crippen LogP contribution in [0.25, 0.3) is 11.0 Å². The Kier molecular flexibility index (Phi) is 6.51. The van der Waals surface area contributed by atoms with Crippen LogP contribution in [0.4, 0.5) is 4.79 Å². The number of ether oxygens (including phenoxy) is 2. The Bertz CT molecular complexity index is 1120. The third-order valence-corrected chi connectivity index (χ3v) is 4.73. The Morgan fingerprint density at radius 2 is 1.83 bits per heavy atom. The van der Waals surface area contributed by atoms with Gasteiger partial charge in [-0.3, -0.25) is 0 Å². The summed E-state index contributed by atoms with van der Waals surface area (Å²) >= 11 is 0. The average molecular weight is 409 g/mol. The lowest BCUT2D eigenvalue weighted by atomic mass is 10.1. The van der Waals surface area contributed by atoms with E-state index in [0.29, 0.717) is 17.6 Å². The zero-order valence-corrected chi connectivity index (χ0v) is 17.1. The number of fused-ring (bicyclic) bond motifs is 1. The molecule has 1 amide bonds. The van der Waals surface area contributed by atoms with Gasteiger partial charge in [0.05, 0.1) is 0 Å². The first-order valence-corrected chi connectivity index (χ1v) is 9.62. The van der Waals surface area contributed by atoms with Gasteiger partial charge in [0.2, 0.25) is 0 Å². The first-order valence-electron chi connectivity index (χ1n) is 9.62. The number of carbonyl (C=O) groups excluding carboxylic acids is 2. The van der Waals surface area contributed by atoms with Crippen molar-refractivity contribution in [1.82, 2.24) is 5.32 Å². The van der Waals surface area contributed by atoms with Crippen molar-refractivity contribution in [3.05, 3.63) is 75.6 Å². The highest BCUT2D eigenvalue weighted by Gasteiger charge is 2.23.